The van der Waals surface area contributed by atoms with Crippen LogP contribution in [0.1, 0.15) is 30.6 Å². The molecule has 2 aromatic carbocycles. The lowest BCUT2D eigenvalue weighted by atomic mass is 10.1. The third-order valence-corrected chi connectivity index (χ3v) is 4.97. The van der Waals surface area contributed by atoms with Crippen LogP contribution in [0.5, 0.6) is 11.5 Å². The summed E-state index contributed by atoms with van der Waals surface area (Å²) in [5.41, 5.74) is 5.74. The SMILES string of the molecule is COc1cc(C(=O)NNC(=O)C2CC(=O)N(c3ccc(Cl)cc3)C2)ccc1OC(C)C. The van der Waals surface area contributed by atoms with Gasteiger partial charge < -0.3 is 14.4 Å². The molecule has 0 aliphatic carbocycles. The minimum atomic E-state index is -0.583. The fourth-order valence-corrected chi connectivity index (χ4v) is 3.33. The van der Waals surface area contributed by atoms with E-state index in [1.807, 2.05) is 13.8 Å². The molecular formula is C22H24ClN3O5. The summed E-state index contributed by atoms with van der Waals surface area (Å²) >= 11 is 5.88. The summed E-state index contributed by atoms with van der Waals surface area (Å²) in [5.74, 6) is -0.775. The van der Waals surface area contributed by atoms with Crippen LogP contribution < -0.4 is 25.2 Å². The van der Waals surface area contributed by atoms with E-state index in [0.29, 0.717) is 27.8 Å². The van der Waals surface area contributed by atoms with Crippen molar-refractivity contribution in [2.75, 3.05) is 18.6 Å². The first-order chi connectivity index (χ1) is 14.8. The maximum Gasteiger partial charge on any atom is 0.269 e. The molecule has 3 rings (SSSR count). The molecule has 0 bridgehead atoms. The number of anilines is 1. The average Bonchev–Trinajstić information content (AvgIpc) is 3.14. The minimum Gasteiger partial charge on any atom is -0.493 e. The Kier molecular flexibility index (Phi) is 7.02. The zero-order valence-electron chi connectivity index (χ0n) is 17.5. The average molecular weight is 446 g/mol. The molecule has 0 spiro atoms. The molecule has 0 radical (unpaired) electrons. The van der Waals surface area contributed by atoms with E-state index in [-0.39, 0.29) is 25.0 Å². The van der Waals surface area contributed by atoms with Gasteiger partial charge in [-0.05, 0) is 56.3 Å². The number of hydrogen-bond donors (Lipinski definition) is 2. The maximum absolute atomic E-state index is 12.5. The monoisotopic (exact) mass is 445 g/mol. The molecule has 1 saturated heterocycles. The van der Waals surface area contributed by atoms with Crippen LogP contribution in [0.15, 0.2) is 42.5 Å². The lowest BCUT2D eigenvalue weighted by Crippen LogP contribution is -2.45. The highest BCUT2D eigenvalue weighted by Crippen LogP contribution is 2.29. The first-order valence-electron chi connectivity index (χ1n) is 9.79. The van der Waals surface area contributed by atoms with Gasteiger partial charge in [-0.15, -0.1) is 0 Å². The first-order valence-corrected chi connectivity index (χ1v) is 10.2. The Morgan fingerprint density at radius 2 is 1.81 bits per heavy atom. The summed E-state index contributed by atoms with van der Waals surface area (Å²) in [4.78, 5) is 38.8. The number of hydrogen-bond acceptors (Lipinski definition) is 5. The van der Waals surface area contributed by atoms with Gasteiger partial charge in [0.05, 0.1) is 19.1 Å². The van der Waals surface area contributed by atoms with Crippen LogP contribution in [-0.2, 0) is 9.59 Å². The van der Waals surface area contributed by atoms with Crippen LogP contribution in [0, 0.1) is 5.92 Å². The number of carbonyl (C=O) groups is 3. The van der Waals surface area contributed by atoms with E-state index in [2.05, 4.69) is 10.9 Å². The zero-order chi connectivity index (χ0) is 22.5. The second kappa shape index (κ2) is 9.70. The summed E-state index contributed by atoms with van der Waals surface area (Å²) in [5, 5.41) is 0.563. The molecule has 1 unspecified atom stereocenters. The van der Waals surface area contributed by atoms with Gasteiger partial charge in [0.1, 0.15) is 0 Å². The van der Waals surface area contributed by atoms with Crippen molar-refractivity contribution < 1.29 is 23.9 Å². The van der Waals surface area contributed by atoms with Gasteiger partial charge in [0, 0.05) is 29.2 Å². The van der Waals surface area contributed by atoms with Crippen LogP contribution in [0.4, 0.5) is 5.69 Å². The fourth-order valence-electron chi connectivity index (χ4n) is 3.21. The van der Waals surface area contributed by atoms with E-state index in [1.165, 1.54) is 18.1 Å². The molecule has 9 heteroatoms. The number of carbonyl (C=O) groups excluding carboxylic acids is 3. The maximum atomic E-state index is 12.5. The van der Waals surface area contributed by atoms with Crippen molar-refractivity contribution in [3.63, 3.8) is 0 Å². The molecule has 1 aliphatic rings. The van der Waals surface area contributed by atoms with Gasteiger partial charge in [0.15, 0.2) is 11.5 Å². The van der Waals surface area contributed by atoms with Crippen LogP contribution in [0.25, 0.3) is 0 Å². The molecule has 31 heavy (non-hydrogen) atoms. The summed E-state index contributed by atoms with van der Waals surface area (Å²) in [6.07, 6.45) is 0.00812. The molecule has 1 heterocycles. The van der Waals surface area contributed by atoms with Crippen LogP contribution in [0.3, 0.4) is 0 Å². The van der Waals surface area contributed by atoms with E-state index >= 15 is 0 Å². The molecule has 1 fully saturated rings. The molecule has 3 amide bonds. The summed E-state index contributed by atoms with van der Waals surface area (Å²) in [7, 11) is 1.48. The van der Waals surface area contributed by atoms with Crippen molar-refractivity contribution in [1.29, 1.82) is 0 Å². The zero-order valence-corrected chi connectivity index (χ0v) is 18.2. The third-order valence-electron chi connectivity index (χ3n) is 4.72. The van der Waals surface area contributed by atoms with Crippen molar-refractivity contribution in [2.45, 2.75) is 26.4 Å². The van der Waals surface area contributed by atoms with Gasteiger partial charge in [0.2, 0.25) is 11.8 Å². The van der Waals surface area contributed by atoms with Crippen LogP contribution >= 0.6 is 11.6 Å². The Morgan fingerprint density at radius 3 is 2.45 bits per heavy atom. The smallest absolute Gasteiger partial charge is 0.269 e. The van der Waals surface area contributed by atoms with E-state index in [0.717, 1.165) is 0 Å². The Morgan fingerprint density at radius 1 is 1.10 bits per heavy atom. The van der Waals surface area contributed by atoms with Gasteiger partial charge in [0.25, 0.3) is 5.91 Å². The highest BCUT2D eigenvalue weighted by atomic mass is 35.5. The van der Waals surface area contributed by atoms with Crippen molar-refractivity contribution in [3.05, 3.63) is 53.1 Å². The number of nitrogens with one attached hydrogen (secondary N) is 2. The number of methoxy groups -OCH3 is 1. The summed E-state index contributed by atoms with van der Waals surface area (Å²) < 4.78 is 10.9. The molecule has 8 nitrogen and oxygen atoms in total. The lowest BCUT2D eigenvalue weighted by Gasteiger charge is -2.17. The van der Waals surface area contributed by atoms with E-state index in [9.17, 15) is 14.4 Å². The van der Waals surface area contributed by atoms with Crippen molar-refractivity contribution >= 4 is 35.0 Å². The third kappa shape index (κ3) is 5.46. The normalized spacial score (nSPS) is 15.7. The Bertz CT molecular complexity index is 978. The molecule has 0 saturated carbocycles. The van der Waals surface area contributed by atoms with Crippen LogP contribution in [-0.4, -0.2) is 37.5 Å². The van der Waals surface area contributed by atoms with Gasteiger partial charge in [-0.25, -0.2) is 0 Å². The second-order valence-corrected chi connectivity index (χ2v) is 7.79. The Balaban J connectivity index is 1.58. The molecule has 1 atom stereocenters. The van der Waals surface area contributed by atoms with Crippen molar-refractivity contribution in [1.82, 2.24) is 10.9 Å². The van der Waals surface area contributed by atoms with E-state index < -0.39 is 17.7 Å². The van der Waals surface area contributed by atoms with Gasteiger partial charge >= 0.3 is 0 Å². The molecule has 1 aliphatic heterocycles. The van der Waals surface area contributed by atoms with E-state index in [4.69, 9.17) is 21.1 Å². The molecule has 2 N–H and O–H groups in total. The van der Waals surface area contributed by atoms with Gasteiger partial charge in [-0.3, -0.25) is 25.2 Å². The lowest BCUT2D eigenvalue weighted by molar-refractivity contribution is -0.126. The number of rotatable bonds is 6. The standard InChI is InChI=1S/C22H24ClN3O5/c1-13(2)31-18-9-4-14(10-19(18)30-3)21(28)24-25-22(29)15-11-20(27)26(12-15)17-7-5-16(23)6-8-17/h4-10,13,15H,11-12H2,1-3H3,(H,24,28)(H,25,29). The molecular weight excluding hydrogens is 422 g/mol. The fraction of sp³-hybridized carbons (Fsp3) is 0.318. The van der Waals surface area contributed by atoms with Crippen LogP contribution in [0.2, 0.25) is 5.02 Å². The topological polar surface area (TPSA) is 97.0 Å². The number of ether oxygens (including phenoxy) is 2. The minimum absolute atomic E-state index is 0.0468. The molecule has 164 valence electrons. The highest BCUT2D eigenvalue weighted by molar-refractivity contribution is 6.30. The Labute approximate surface area is 185 Å². The molecule has 0 aromatic heterocycles. The summed E-state index contributed by atoms with van der Waals surface area (Å²) in [6.45, 7) is 3.99. The predicted molar refractivity (Wildman–Crippen MR) is 116 cm³/mol. The second-order valence-electron chi connectivity index (χ2n) is 7.36. The highest BCUT2D eigenvalue weighted by Gasteiger charge is 2.35. The predicted octanol–water partition coefficient (Wildman–Crippen LogP) is 2.95. The van der Waals surface area contributed by atoms with Crippen molar-refractivity contribution in [3.8, 4) is 11.5 Å². The number of amides is 3. The number of benzene rings is 2. The van der Waals surface area contributed by atoms with E-state index in [1.54, 1.807) is 36.4 Å². The quantitative estimate of drug-likeness (QED) is 0.666. The number of nitrogens with zero attached hydrogens (tertiary/aromatic N) is 1. The van der Waals surface area contributed by atoms with Crippen molar-refractivity contribution in [2.24, 2.45) is 5.92 Å². The number of halogens is 1. The number of hydrazine groups is 1. The summed E-state index contributed by atoms with van der Waals surface area (Å²) in [6, 6.07) is 11.6. The molecule has 2 aromatic rings. The first kappa shape index (κ1) is 22.4. The largest absolute Gasteiger partial charge is 0.493 e. The Hall–Kier alpha value is -3.26. The van der Waals surface area contributed by atoms with Gasteiger partial charge in [-0.2, -0.15) is 0 Å². The van der Waals surface area contributed by atoms with Gasteiger partial charge in [-0.1, -0.05) is 11.6 Å².